The zero-order valence-corrected chi connectivity index (χ0v) is 17.6. The minimum absolute atomic E-state index is 0.0716. The van der Waals surface area contributed by atoms with Crippen LogP contribution in [0.4, 0.5) is 0 Å². The Labute approximate surface area is 176 Å². The molecule has 0 saturated carbocycles. The molecule has 150 valence electrons. The fraction of sp³-hybridized carbons (Fsp3) is 0.333. The Bertz CT molecular complexity index is 930. The first-order valence-electron chi connectivity index (χ1n) is 10.3. The van der Waals surface area contributed by atoms with Crippen LogP contribution in [0.2, 0.25) is 0 Å². The zero-order valence-electron chi connectivity index (χ0n) is 16.8. The van der Waals surface area contributed by atoms with E-state index in [1.165, 1.54) is 18.4 Å². The lowest BCUT2D eigenvalue weighted by molar-refractivity contribution is -0.120. The molecule has 5 heteroatoms. The van der Waals surface area contributed by atoms with Crippen LogP contribution in [0.3, 0.4) is 0 Å². The molecule has 0 radical (unpaired) electrons. The van der Waals surface area contributed by atoms with Crippen molar-refractivity contribution in [2.24, 2.45) is 0 Å². The van der Waals surface area contributed by atoms with Crippen molar-refractivity contribution in [3.05, 3.63) is 76.1 Å². The highest BCUT2D eigenvalue weighted by Gasteiger charge is 2.23. The number of hydrogen-bond acceptors (Lipinski definition) is 4. The van der Waals surface area contributed by atoms with Gasteiger partial charge in [-0.05, 0) is 44.0 Å². The van der Waals surface area contributed by atoms with Crippen LogP contribution >= 0.6 is 11.3 Å². The standard InChI is InChI=1S/C24H27N3OS/c1-18-26-22(17-29-18)20-11-9-19(10-12-20)15-24(28)25-16-23(27-13-5-6-14-27)21-7-3-2-4-8-21/h2-4,7-12,17,23H,5-6,13-16H2,1H3,(H,25,28). The van der Waals surface area contributed by atoms with Crippen LogP contribution in [0.1, 0.15) is 35.0 Å². The summed E-state index contributed by atoms with van der Waals surface area (Å²) in [4.78, 5) is 19.6. The summed E-state index contributed by atoms with van der Waals surface area (Å²) in [5.74, 6) is 0.0716. The molecule has 4 rings (SSSR count). The van der Waals surface area contributed by atoms with Crippen LogP contribution in [-0.2, 0) is 11.2 Å². The zero-order chi connectivity index (χ0) is 20.1. The molecule has 0 bridgehead atoms. The van der Waals surface area contributed by atoms with Gasteiger partial charge in [0.25, 0.3) is 0 Å². The van der Waals surface area contributed by atoms with Crippen molar-refractivity contribution in [1.29, 1.82) is 0 Å². The van der Waals surface area contributed by atoms with E-state index in [2.05, 4.69) is 44.8 Å². The number of nitrogens with one attached hydrogen (secondary N) is 1. The Kier molecular flexibility index (Phi) is 6.37. The molecular weight excluding hydrogens is 378 g/mol. The molecule has 3 aromatic rings. The van der Waals surface area contributed by atoms with Crippen molar-refractivity contribution in [2.45, 2.75) is 32.2 Å². The highest BCUT2D eigenvalue weighted by Crippen LogP contribution is 2.25. The van der Waals surface area contributed by atoms with E-state index in [-0.39, 0.29) is 11.9 Å². The molecule has 1 aliphatic heterocycles. The number of benzene rings is 2. The van der Waals surface area contributed by atoms with E-state index in [4.69, 9.17) is 0 Å². The minimum Gasteiger partial charge on any atom is -0.354 e. The summed E-state index contributed by atoms with van der Waals surface area (Å²) in [6, 6.07) is 18.9. The summed E-state index contributed by atoms with van der Waals surface area (Å²) < 4.78 is 0. The van der Waals surface area contributed by atoms with E-state index in [1.54, 1.807) is 11.3 Å². The normalized spacial score (nSPS) is 15.3. The highest BCUT2D eigenvalue weighted by atomic mass is 32.1. The second-order valence-electron chi connectivity index (χ2n) is 7.60. The molecule has 2 aromatic carbocycles. The van der Waals surface area contributed by atoms with Gasteiger partial charge < -0.3 is 5.32 Å². The topological polar surface area (TPSA) is 45.2 Å². The molecule has 0 aliphatic carbocycles. The van der Waals surface area contributed by atoms with Gasteiger partial charge in [-0.3, -0.25) is 9.69 Å². The predicted octanol–water partition coefficient (Wildman–Crippen LogP) is 4.61. The van der Waals surface area contributed by atoms with Gasteiger partial charge in [-0.15, -0.1) is 11.3 Å². The number of hydrogen-bond donors (Lipinski definition) is 1. The summed E-state index contributed by atoms with van der Waals surface area (Å²) in [5, 5.41) is 6.30. The number of aryl methyl sites for hydroxylation is 1. The number of likely N-dealkylation sites (tertiary alicyclic amines) is 1. The first kappa shape index (κ1) is 19.8. The largest absolute Gasteiger partial charge is 0.354 e. The van der Waals surface area contributed by atoms with E-state index in [0.29, 0.717) is 13.0 Å². The summed E-state index contributed by atoms with van der Waals surface area (Å²) in [6.07, 6.45) is 2.88. The molecule has 1 atom stereocenters. The molecule has 0 spiro atoms. The van der Waals surface area contributed by atoms with Crippen LogP contribution < -0.4 is 5.32 Å². The average Bonchev–Trinajstić information content (AvgIpc) is 3.42. The maximum Gasteiger partial charge on any atom is 0.224 e. The molecule has 29 heavy (non-hydrogen) atoms. The van der Waals surface area contributed by atoms with Gasteiger partial charge in [-0.2, -0.15) is 0 Å². The average molecular weight is 406 g/mol. The van der Waals surface area contributed by atoms with Gasteiger partial charge >= 0.3 is 0 Å². The maximum absolute atomic E-state index is 12.6. The molecule has 1 unspecified atom stereocenters. The molecule has 4 nitrogen and oxygen atoms in total. The monoisotopic (exact) mass is 405 g/mol. The number of carbonyl (C=O) groups is 1. The lowest BCUT2D eigenvalue weighted by atomic mass is 10.0. The van der Waals surface area contributed by atoms with Crippen LogP contribution in [0.5, 0.6) is 0 Å². The number of nitrogens with zero attached hydrogens (tertiary/aromatic N) is 2. The quantitative estimate of drug-likeness (QED) is 0.624. The van der Waals surface area contributed by atoms with Gasteiger partial charge in [0.05, 0.1) is 23.2 Å². The van der Waals surface area contributed by atoms with Gasteiger partial charge in [-0.25, -0.2) is 4.98 Å². The van der Waals surface area contributed by atoms with Gasteiger partial charge in [0.15, 0.2) is 0 Å². The van der Waals surface area contributed by atoms with Gasteiger partial charge in [-0.1, -0.05) is 54.6 Å². The first-order chi connectivity index (χ1) is 14.2. The van der Waals surface area contributed by atoms with Crippen molar-refractivity contribution in [1.82, 2.24) is 15.2 Å². The predicted molar refractivity (Wildman–Crippen MR) is 119 cm³/mol. The second-order valence-corrected chi connectivity index (χ2v) is 8.66. The number of thiazole rings is 1. The van der Waals surface area contributed by atoms with Crippen molar-refractivity contribution in [2.75, 3.05) is 19.6 Å². The SMILES string of the molecule is Cc1nc(-c2ccc(CC(=O)NCC(c3ccccc3)N3CCCC3)cc2)cs1. The Morgan fingerprint density at radius 1 is 1.10 bits per heavy atom. The Balaban J connectivity index is 1.36. The van der Waals surface area contributed by atoms with E-state index in [9.17, 15) is 4.79 Å². The van der Waals surface area contributed by atoms with E-state index in [1.807, 2.05) is 37.3 Å². The van der Waals surface area contributed by atoms with Crippen LogP contribution in [0.25, 0.3) is 11.3 Å². The van der Waals surface area contributed by atoms with Crippen molar-refractivity contribution < 1.29 is 4.79 Å². The first-order valence-corrected chi connectivity index (χ1v) is 11.1. The summed E-state index contributed by atoms with van der Waals surface area (Å²) in [6.45, 7) is 4.87. The smallest absolute Gasteiger partial charge is 0.224 e. The van der Waals surface area contributed by atoms with Gasteiger partial charge in [0.2, 0.25) is 5.91 Å². The van der Waals surface area contributed by atoms with Crippen molar-refractivity contribution in [3.63, 3.8) is 0 Å². The third kappa shape index (κ3) is 5.11. The molecular formula is C24H27N3OS. The Morgan fingerprint density at radius 2 is 1.83 bits per heavy atom. The molecule has 1 aromatic heterocycles. The van der Waals surface area contributed by atoms with Crippen molar-refractivity contribution >= 4 is 17.2 Å². The molecule has 1 fully saturated rings. The minimum atomic E-state index is 0.0716. The number of rotatable bonds is 7. The fourth-order valence-corrected chi connectivity index (χ4v) is 4.56. The summed E-state index contributed by atoms with van der Waals surface area (Å²) >= 11 is 1.65. The third-order valence-electron chi connectivity index (χ3n) is 5.49. The lowest BCUT2D eigenvalue weighted by Crippen LogP contribution is -2.37. The Morgan fingerprint density at radius 3 is 2.48 bits per heavy atom. The molecule has 1 N–H and O–H groups in total. The second kappa shape index (κ2) is 9.33. The van der Waals surface area contributed by atoms with E-state index < -0.39 is 0 Å². The van der Waals surface area contributed by atoms with Crippen LogP contribution in [0, 0.1) is 6.92 Å². The van der Waals surface area contributed by atoms with E-state index in [0.717, 1.165) is 34.9 Å². The van der Waals surface area contributed by atoms with Crippen LogP contribution in [0.15, 0.2) is 60.0 Å². The van der Waals surface area contributed by atoms with Crippen molar-refractivity contribution in [3.8, 4) is 11.3 Å². The molecule has 1 aliphatic rings. The molecule has 2 heterocycles. The molecule has 1 amide bonds. The van der Waals surface area contributed by atoms with Gasteiger partial charge in [0.1, 0.15) is 0 Å². The fourth-order valence-electron chi connectivity index (χ4n) is 3.93. The number of aromatic nitrogens is 1. The van der Waals surface area contributed by atoms with Crippen LogP contribution in [-0.4, -0.2) is 35.4 Å². The number of amides is 1. The third-order valence-corrected chi connectivity index (χ3v) is 6.27. The molecule has 1 saturated heterocycles. The lowest BCUT2D eigenvalue weighted by Gasteiger charge is -2.28. The Hall–Kier alpha value is -2.50. The number of carbonyl (C=O) groups excluding carboxylic acids is 1. The highest BCUT2D eigenvalue weighted by molar-refractivity contribution is 7.09. The van der Waals surface area contributed by atoms with Gasteiger partial charge in [0, 0.05) is 17.5 Å². The summed E-state index contributed by atoms with van der Waals surface area (Å²) in [5.41, 5.74) is 4.39. The maximum atomic E-state index is 12.6. The van der Waals surface area contributed by atoms with E-state index >= 15 is 0 Å². The summed E-state index contributed by atoms with van der Waals surface area (Å²) in [7, 11) is 0.